The summed E-state index contributed by atoms with van der Waals surface area (Å²) >= 11 is 0. The minimum absolute atomic E-state index is 0.00859. The standard InChI is InChI=1S/C28H40N4O/c1-8-11-15-23(18-25(22(6)33)28(30-7)20(4)9-2)27(29)21(5)26(31-10-3)19-32-24-16-13-12-14-17-24/h10,12-18,30,32H,3,8-9,11,19,29H2,1-2,4-7H3/b23-15+,25-18+,27-21?,28-20+,31-26?. The zero-order valence-corrected chi connectivity index (χ0v) is 21.1. The summed E-state index contributed by atoms with van der Waals surface area (Å²) in [5.41, 5.74) is 13.3. The van der Waals surface area contributed by atoms with Crippen LogP contribution in [0.2, 0.25) is 0 Å². The summed E-state index contributed by atoms with van der Waals surface area (Å²) in [6, 6.07) is 9.95. The number of carbonyl (C=O) groups excluding carboxylic acids is 1. The number of hydrogen-bond acceptors (Lipinski definition) is 5. The van der Waals surface area contributed by atoms with E-state index < -0.39 is 0 Å². The fourth-order valence-electron chi connectivity index (χ4n) is 3.31. The van der Waals surface area contributed by atoms with Crippen LogP contribution in [-0.4, -0.2) is 25.1 Å². The molecule has 0 amide bonds. The number of ketones is 1. The number of benzene rings is 1. The smallest absolute Gasteiger partial charge is 0.161 e. The Morgan fingerprint density at radius 2 is 1.82 bits per heavy atom. The van der Waals surface area contributed by atoms with Crippen LogP contribution in [0, 0.1) is 0 Å². The molecule has 5 nitrogen and oxygen atoms in total. The van der Waals surface area contributed by atoms with E-state index in [2.05, 4.69) is 42.1 Å². The normalized spacial score (nSPS) is 14.3. The van der Waals surface area contributed by atoms with Crippen molar-refractivity contribution in [2.24, 2.45) is 10.7 Å². The van der Waals surface area contributed by atoms with Crippen molar-refractivity contribution in [1.29, 1.82) is 0 Å². The summed E-state index contributed by atoms with van der Waals surface area (Å²) < 4.78 is 0. The van der Waals surface area contributed by atoms with Gasteiger partial charge in [0.1, 0.15) is 0 Å². The Kier molecular flexibility index (Phi) is 12.3. The quantitative estimate of drug-likeness (QED) is 0.195. The monoisotopic (exact) mass is 448 g/mol. The van der Waals surface area contributed by atoms with Crippen molar-refractivity contribution in [3.63, 3.8) is 0 Å². The van der Waals surface area contributed by atoms with Gasteiger partial charge in [0.15, 0.2) is 5.78 Å². The largest absolute Gasteiger partial charge is 0.398 e. The van der Waals surface area contributed by atoms with Gasteiger partial charge in [0, 0.05) is 35.9 Å². The van der Waals surface area contributed by atoms with E-state index in [0.717, 1.165) is 53.1 Å². The Labute approximate surface area is 200 Å². The number of nitrogens with two attached hydrogens (primary N) is 1. The predicted molar refractivity (Wildman–Crippen MR) is 143 cm³/mol. The molecule has 0 spiro atoms. The van der Waals surface area contributed by atoms with E-state index in [0.29, 0.717) is 17.8 Å². The second-order valence-corrected chi connectivity index (χ2v) is 7.84. The maximum atomic E-state index is 12.6. The summed E-state index contributed by atoms with van der Waals surface area (Å²) in [6.45, 7) is 14.0. The van der Waals surface area contributed by atoms with E-state index in [-0.39, 0.29) is 5.78 Å². The highest BCUT2D eigenvalue weighted by atomic mass is 16.1. The molecular weight excluding hydrogens is 408 g/mol. The number of anilines is 1. The molecule has 0 aliphatic heterocycles. The zero-order chi connectivity index (χ0) is 24.8. The van der Waals surface area contributed by atoms with Gasteiger partial charge in [-0.2, -0.15) is 0 Å². The lowest BCUT2D eigenvalue weighted by Crippen LogP contribution is -2.20. The van der Waals surface area contributed by atoms with Gasteiger partial charge in [-0.05, 0) is 68.5 Å². The van der Waals surface area contributed by atoms with Gasteiger partial charge >= 0.3 is 0 Å². The number of hydrogen-bond donors (Lipinski definition) is 3. The van der Waals surface area contributed by atoms with Gasteiger partial charge in [0.25, 0.3) is 0 Å². The van der Waals surface area contributed by atoms with Crippen molar-refractivity contribution in [3.8, 4) is 0 Å². The molecule has 1 aromatic carbocycles. The number of carbonyl (C=O) groups is 1. The number of unbranched alkanes of at least 4 members (excludes halogenated alkanes) is 1. The van der Waals surface area contributed by atoms with Crippen LogP contribution < -0.4 is 16.4 Å². The van der Waals surface area contributed by atoms with Crippen molar-refractivity contribution in [2.45, 2.75) is 53.9 Å². The Hall–Kier alpha value is -3.34. The number of para-hydroxylation sites is 1. The highest BCUT2D eigenvalue weighted by molar-refractivity contribution is 6.04. The van der Waals surface area contributed by atoms with Crippen LogP contribution in [0.4, 0.5) is 5.69 Å². The van der Waals surface area contributed by atoms with Gasteiger partial charge in [-0.25, -0.2) is 0 Å². The highest BCUT2D eigenvalue weighted by Gasteiger charge is 2.15. The third-order valence-corrected chi connectivity index (χ3v) is 5.44. The van der Waals surface area contributed by atoms with Crippen molar-refractivity contribution in [3.05, 3.63) is 88.9 Å². The molecule has 0 aromatic heterocycles. The Morgan fingerprint density at radius 3 is 2.33 bits per heavy atom. The second-order valence-electron chi connectivity index (χ2n) is 7.84. The Morgan fingerprint density at radius 1 is 1.15 bits per heavy atom. The number of allylic oxidation sites excluding steroid dienone is 4. The van der Waals surface area contributed by atoms with E-state index in [4.69, 9.17) is 5.73 Å². The first-order valence-electron chi connectivity index (χ1n) is 11.5. The molecule has 0 saturated heterocycles. The molecule has 1 aromatic rings. The number of likely N-dealkylation sites (N-methyl/N-ethyl adjacent to an activating group) is 1. The van der Waals surface area contributed by atoms with Crippen LogP contribution >= 0.6 is 0 Å². The van der Waals surface area contributed by atoms with Crippen LogP contribution in [0.15, 0.2) is 93.9 Å². The van der Waals surface area contributed by atoms with Gasteiger partial charge in [0.05, 0.1) is 12.3 Å². The van der Waals surface area contributed by atoms with Gasteiger partial charge in [0.2, 0.25) is 0 Å². The second kappa shape index (κ2) is 14.7. The summed E-state index contributed by atoms with van der Waals surface area (Å²) in [6.07, 6.45) is 8.19. The Bertz CT molecular complexity index is 963. The molecule has 0 aliphatic carbocycles. The molecular formula is C28H40N4O. The molecule has 5 heteroatoms. The van der Waals surface area contributed by atoms with Crippen LogP contribution in [0.1, 0.15) is 53.9 Å². The minimum atomic E-state index is -0.00859. The molecule has 0 heterocycles. The first-order chi connectivity index (χ1) is 15.8. The molecule has 33 heavy (non-hydrogen) atoms. The van der Waals surface area contributed by atoms with Crippen LogP contribution in [0.5, 0.6) is 0 Å². The summed E-state index contributed by atoms with van der Waals surface area (Å²) in [4.78, 5) is 17.1. The topological polar surface area (TPSA) is 79.5 Å². The fourth-order valence-corrected chi connectivity index (χ4v) is 3.31. The van der Waals surface area contributed by atoms with Crippen molar-refractivity contribution < 1.29 is 4.79 Å². The van der Waals surface area contributed by atoms with E-state index in [1.807, 2.05) is 57.3 Å². The summed E-state index contributed by atoms with van der Waals surface area (Å²) in [5.74, 6) is -0.00859. The zero-order valence-electron chi connectivity index (χ0n) is 21.1. The Balaban J connectivity index is 3.51. The number of Topliss-reactive ketones (excluding diaryl/α,β-unsaturated/α-hetero) is 1. The lowest BCUT2D eigenvalue weighted by molar-refractivity contribution is -0.113. The van der Waals surface area contributed by atoms with Crippen molar-refractivity contribution in [1.82, 2.24) is 5.32 Å². The van der Waals surface area contributed by atoms with Crippen molar-refractivity contribution in [2.75, 3.05) is 18.9 Å². The fraction of sp³-hybridized carbons (Fsp3) is 0.357. The van der Waals surface area contributed by atoms with Gasteiger partial charge in [-0.1, -0.05) is 51.1 Å². The lowest BCUT2D eigenvalue weighted by atomic mass is 9.96. The molecule has 0 saturated carbocycles. The maximum Gasteiger partial charge on any atom is 0.161 e. The summed E-state index contributed by atoms with van der Waals surface area (Å²) in [7, 11) is 1.84. The highest BCUT2D eigenvalue weighted by Crippen LogP contribution is 2.22. The van der Waals surface area contributed by atoms with E-state index in [9.17, 15) is 4.79 Å². The molecule has 0 aliphatic rings. The first-order valence-corrected chi connectivity index (χ1v) is 11.5. The predicted octanol–water partition coefficient (Wildman–Crippen LogP) is 6.06. The van der Waals surface area contributed by atoms with Gasteiger partial charge in [-0.3, -0.25) is 9.79 Å². The minimum Gasteiger partial charge on any atom is -0.398 e. The van der Waals surface area contributed by atoms with E-state index in [1.54, 1.807) is 6.92 Å². The molecule has 0 atom stereocenters. The van der Waals surface area contributed by atoms with Crippen LogP contribution in [0.25, 0.3) is 0 Å². The molecule has 178 valence electrons. The van der Waals surface area contributed by atoms with E-state index >= 15 is 0 Å². The molecule has 0 radical (unpaired) electrons. The van der Waals surface area contributed by atoms with Crippen LogP contribution in [0.3, 0.4) is 0 Å². The molecule has 0 fully saturated rings. The van der Waals surface area contributed by atoms with Crippen molar-refractivity contribution >= 4 is 17.2 Å². The first kappa shape index (κ1) is 27.7. The molecule has 4 N–H and O–H groups in total. The molecule has 1 rings (SSSR count). The third-order valence-electron chi connectivity index (χ3n) is 5.44. The van der Waals surface area contributed by atoms with Gasteiger partial charge in [-0.15, -0.1) is 0 Å². The third kappa shape index (κ3) is 8.60. The van der Waals surface area contributed by atoms with E-state index in [1.165, 1.54) is 6.20 Å². The maximum absolute atomic E-state index is 12.6. The number of aliphatic imine (C=N–C) groups is 1. The number of nitrogens with one attached hydrogen (secondary N) is 2. The average Bonchev–Trinajstić information content (AvgIpc) is 2.82. The molecule has 0 bridgehead atoms. The SMILES string of the molecule is C=CN=C(CNc1ccccc1)C(C)=C(N)C(/C=C(C(C)=O)/C(NC)=C(/C)CC)=C/CCC. The van der Waals surface area contributed by atoms with Crippen LogP contribution in [-0.2, 0) is 4.79 Å². The lowest BCUT2D eigenvalue weighted by Gasteiger charge is -2.17. The van der Waals surface area contributed by atoms with Gasteiger partial charge < -0.3 is 16.4 Å². The number of rotatable bonds is 13. The number of nitrogens with zero attached hydrogens (tertiary/aromatic N) is 1. The average molecular weight is 449 g/mol. The molecule has 0 unspecified atom stereocenters. The summed E-state index contributed by atoms with van der Waals surface area (Å²) in [5, 5.41) is 6.59.